The highest BCUT2D eigenvalue weighted by atomic mass is 16.5. The van der Waals surface area contributed by atoms with E-state index in [1.54, 1.807) is 7.11 Å². The molecule has 0 aliphatic carbocycles. The molecule has 0 fully saturated rings. The number of fused-ring (bicyclic) bond motifs is 1. The van der Waals surface area contributed by atoms with E-state index in [4.69, 9.17) is 14.2 Å². The minimum atomic E-state index is -0.370. The molecule has 150 valence electrons. The van der Waals surface area contributed by atoms with Crippen LogP contribution in [-0.2, 0) is 4.79 Å². The minimum Gasteiger partial charge on any atom is -0.497 e. The van der Waals surface area contributed by atoms with E-state index in [0.29, 0.717) is 12.3 Å². The standard InChI is InChI=1S/C23H29NO4/c1-15(2)17-8-6-7-9-20(17)27-14-22(25)24-19-13-23(3,4)28-21-11-10-16(26-5)12-18(19)21/h6-12,15,19H,13-14H2,1-5H3,(H,24,25)/t19-/m0/s1. The highest BCUT2D eigenvalue weighted by molar-refractivity contribution is 5.78. The van der Waals surface area contributed by atoms with E-state index in [1.165, 1.54) is 0 Å². The molecular weight excluding hydrogens is 354 g/mol. The normalized spacial score (nSPS) is 17.4. The third-order valence-corrected chi connectivity index (χ3v) is 4.91. The highest BCUT2D eigenvalue weighted by Gasteiger charge is 2.35. The molecule has 1 aliphatic rings. The first-order chi connectivity index (χ1) is 13.3. The second-order valence-electron chi connectivity index (χ2n) is 8.07. The Morgan fingerprint density at radius 3 is 2.71 bits per heavy atom. The van der Waals surface area contributed by atoms with Gasteiger partial charge in [-0.2, -0.15) is 0 Å². The molecule has 5 heteroatoms. The zero-order valence-electron chi connectivity index (χ0n) is 17.2. The van der Waals surface area contributed by atoms with Crippen LogP contribution in [0.5, 0.6) is 17.2 Å². The Labute approximate surface area is 167 Å². The zero-order valence-corrected chi connectivity index (χ0v) is 17.2. The van der Waals surface area contributed by atoms with Gasteiger partial charge >= 0.3 is 0 Å². The van der Waals surface area contributed by atoms with Crippen molar-refractivity contribution in [1.82, 2.24) is 5.32 Å². The monoisotopic (exact) mass is 383 g/mol. The van der Waals surface area contributed by atoms with E-state index in [0.717, 1.165) is 28.4 Å². The van der Waals surface area contributed by atoms with Gasteiger partial charge in [0.15, 0.2) is 6.61 Å². The maximum absolute atomic E-state index is 12.6. The molecule has 28 heavy (non-hydrogen) atoms. The average molecular weight is 383 g/mol. The maximum Gasteiger partial charge on any atom is 0.258 e. The summed E-state index contributed by atoms with van der Waals surface area (Å²) < 4.78 is 17.2. The van der Waals surface area contributed by atoms with E-state index < -0.39 is 0 Å². The topological polar surface area (TPSA) is 56.8 Å². The molecule has 1 atom stereocenters. The lowest BCUT2D eigenvalue weighted by Gasteiger charge is -2.38. The fraction of sp³-hybridized carbons (Fsp3) is 0.435. The molecule has 0 saturated carbocycles. The summed E-state index contributed by atoms with van der Waals surface area (Å²) in [7, 11) is 1.63. The van der Waals surface area contributed by atoms with Crippen LogP contribution < -0.4 is 19.5 Å². The third-order valence-electron chi connectivity index (χ3n) is 4.91. The summed E-state index contributed by atoms with van der Waals surface area (Å²) in [5.41, 5.74) is 1.65. The first-order valence-corrected chi connectivity index (χ1v) is 9.67. The van der Waals surface area contributed by atoms with Crippen LogP contribution in [0.1, 0.15) is 57.2 Å². The molecule has 1 aliphatic heterocycles. The first kappa shape index (κ1) is 20.1. The van der Waals surface area contributed by atoms with Gasteiger partial charge in [-0.3, -0.25) is 4.79 Å². The number of amides is 1. The van der Waals surface area contributed by atoms with E-state index in [1.807, 2.05) is 56.3 Å². The van der Waals surface area contributed by atoms with Crippen molar-refractivity contribution in [1.29, 1.82) is 0 Å². The van der Waals surface area contributed by atoms with Crippen molar-refractivity contribution in [2.75, 3.05) is 13.7 Å². The van der Waals surface area contributed by atoms with Crippen LogP contribution in [0.15, 0.2) is 42.5 Å². The lowest BCUT2D eigenvalue weighted by Crippen LogP contribution is -2.42. The number of rotatable bonds is 6. The number of carbonyl (C=O) groups excluding carboxylic acids is 1. The average Bonchev–Trinajstić information content (AvgIpc) is 2.65. The number of carbonyl (C=O) groups is 1. The number of methoxy groups -OCH3 is 1. The Kier molecular flexibility index (Phi) is 5.82. The van der Waals surface area contributed by atoms with E-state index in [2.05, 4.69) is 19.2 Å². The fourth-order valence-corrected chi connectivity index (χ4v) is 3.56. The molecule has 0 unspecified atom stereocenters. The van der Waals surface area contributed by atoms with Crippen molar-refractivity contribution < 1.29 is 19.0 Å². The van der Waals surface area contributed by atoms with Gasteiger partial charge in [0.05, 0.1) is 13.2 Å². The third kappa shape index (κ3) is 4.58. The Morgan fingerprint density at radius 1 is 1.25 bits per heavy atom. The van der Waals surface area contributed by atoms with Crippen LogP contribution >= 0.6 is 0 Å². The van der Waals surface area contributed by atoms with Gasteiger partial charge in [-0.15, -0.1) is 0 Å². The van der Waals surface area contributed by atoms with Crippen LogP contribution in [0.3, 0.4) is 0 Å². The van der Waals surface area contributed by atoms with Crippen molar-refractivity contribution in [3.63, 3.8) is 0 Å². The largest absolute Gasteiger partial charge is 0.497 e. The Balaban J connectivity index is 1.72. The SMILES string of the molecule is COc1ccc2c(c1)[C@@H](NC(=O)COc1ccccc1C(C)C)CC(C)(C)O2. The molecule has 0 aromatic heterocycles. The van der Waals surface area contributed by atoms with Gasteiger partial charge in [0.25, 0.3) is 5.91 Å². The molecule has 0 bridgehead atoms. The predicted octanol–water partition coefficient (Wildman–Crippen LogP) is 4.62. The molecule has 3 rings (SSSR count). The summed E-state index contributed by atoms with van der Waals surface area (Å²) in [6.45, 7) is 8.23. The van der Waals surface area contributed by atoms with Crippen molar-refractivity contribution in [2.45, 2.75) is 51.7 Å². The highest BCUT2D eigenvalue weighted by Crippen LogP contribution is 2.41. The molecule has 1 heterocycles. The molecule has 2 aromatic carbocycles. The molecular formula is C23H29NO4. The summed E-state index contributed by atoms with van der Waals surface area (Å²) in [5, 5.41) is 3.10. The van der Waals surface area contributed by atoms with Gasteiger partial charge in [-0.25, -0.2) is 0 Å². The van der Waals surface area contributed by atoms with E-state index in [9.17, 15) is 4.79 Å². The number of nitrogens with one attached hydrogen (secondary N) is 1. The predicted molar refractivity (Wildman–Crippen MR) is 109 cm³/mol. The number of benzene rings is 2. The molecule has 5 nitrogen and oxygen atoms in total. The minimum absolute atomic E-state index is 0.0270. The van der Waals surface area contributed by atoms with Crippen molar-refractivity contribution in [3.05, 3.63) is 53.6 Å². The molecule has 1 N–H and O–H groups in total. The molecule has 2 aromatic rings. The van der Waals surface area contributed by atoms with Gasteiger partial charge in [-0.1, -0.05) is 32.0 Å². The van der Waals surface area contributed by atoms with Crippen LogP contribution in [0, 0.1) is 0 Å². The van der Waals surface area contributed by atoms with Crippen molar-refractivity contribution >= 4 is 5.91 Å². The van der Waals surface area contributed by atoms with Gasteiger partial charge in [0, 0.05) is 12.0 Å². The van der Waals surface area contributed by atoms with E-state index >= 15 is 0 Å². The van der Waals surface area contributed by atoms with E-state index in [-0.39, 0.29) is 24.2 Å². The molecule has 0 saturated heterocycles. The summed E-state index contributed by atoms with van der Waals surface area (Å²) in [6.07, 6.45) is 0.668. The fourth-order valence-electron chi connectivity index (χ4n) is 3.56. The maximum atomic E-state index is 12.6. The van der Waals surface area contributed by atoms with Gasteiger partial charge in [-0.05, 0) is 49.6 Å². The number of hydrogen-bond acceptors (Lipinski definition) is 4. The summed E-state index contributed by atoms with van der Waals surface area (Å²) >= 11 is 0. The van der Waals surface area contributed by atoms with Gasteiger partial charge < -0.3 is 19.5 Å². The Morgan fingerprint density at radius 2 is 2.00 bits per heavy atom. The van der Waals surface area contributed by atoms with Crippen LogP contribution in [0.25, 0.3) is 0 Å². The number of hydrogen-bond donors (Lipinski definition) is 1. The van der Waals surface area contributed by atoms with Crippen molar-refractivity contribution in [3.8, 4) is 17.2 Å². The quantitative estimate of drug-likeness (QED) is 0.791. The second kappa shape index (κ2) is 8.13. The van der Waals surface area contributed by atoms with Crippen molar-refractivity contribution in [2.24, 2.45) is 0 Å². The summed E-state index contributed by atoms with van der Waals surface area (Å²) in [5.74, 6) is 2.43. The first-order valence-electron chi connectivity index (χ1n) is 9.67. The molecule has 0 spiro atoms. The van der Waals surface area contributed by atoms with Crippen LogP contribution in [-0.4, -0.2) is 25.2 Å². The second-order valence-corrected chi connectivity index (χ2v) is 8.07. The lowest BCUT2D eigenvalue weighted by molar-refractivity contribution is -0.124. The smallest absolute Gasteiger partial charge is 0.258 e. The van der Waals surface area contributed by atoms with Gasteiger partial charge in [0.1, 0.15) is 22.8 Å². The Hall–Kier alpha value is -2.69. The Bertz CT molecular complexity index is 844. The molecule has 0 radical (unpaired) electrons. The number of ether oxygens (including phenoxy) is 3. The summed E-state index contributed by atoms with van der Waals surface area (Å²) in [4.78, 5) is 12.6. The van der Waals surface area contributed by atoms with Gasteiger partial charge in [0.2, 0.25) is 0 Å². The van der Waals surface area contributed by atoms with Crippen LogP contribution in [0.2, 0.25) is 0 Å². The van der Waals surface area contributed by atoms with Crippen LogP contribution in [0.4, 0.5) is 0 Å². The summed E-state index contributed by atoms with van der Waals surface area (Å²) in [6, 6.07) is 13.4. The zero-order chi connectivity index (χ0) is 20.3. The number of para-hydroxylation sites is 1. The molecule has 1 amide bonds. The lowest BCUT2D eigenvalue weighted by atomic mass is 9.89.